The number of nitrogens with zero attached hydrogens (tertiary/aromatic N) is 3. The van der Waals surface area contributed by atoms with E-state index < -0.39 is 0 Å². The normalized spacial score (nSPS) is 25.1. The van der Waals surface area contributed by atoms with Crippen LogP contribution < -0.4 is 11.1 Å². The summed E-state index contributed by atoms with van der Waals surface area (Å²) in [6.45, 7) is 0. The first-order valence-corrected chi connectivity index (χ1v) is 4.97. The predicted octanol–water partition coefficient (Wildman–Crippen LogP) is -0.0625. The fraction of sp³-hybridized carbons (Fsp3) is 0.556. The Bertz CT molecular complexity index is 342. The van der Waals surface area contributed by atoms with Crippen molar-refractivity contribution in [2.45, 2.75) is 25.3 Å². The van der Waals surface area contributed by atoms with Crippen molar-refractivity contribution >= 4 is 11.9 Å². The average Bonchev–Trinajstić information content (AvgIpc) is 2.66. The molecule has 2 atom stereocenters. The minimum Gasteiger partial charge on any atom is -0.327 e. The van der Waals surface area contributed by atoms with Crippen molar-refractivity contribution in [2.75, 3.05) is 5.32 Å². The summed E-state index contributed by atoms with van der Waals surface area (Å²) in [6, 6.07) is -0.0401. The van der Waals surface area contributed by atoms with Crippen LogP contribution in [0.2, 0.25) is 0 Å². The van der Waals surface area contributed by atoms with Gasteiger partial charge in [-0.1, -0.05) is 6.42 Å². The summed E-state index contributed by atoms with van der Waals surface area (Å²) in [4.78, 5) is 15.6. The fourth-order valence-corrected chi connectivity index (χ4v) is 1.82. The lowest BCUT2D eigenvalue weighted by atomic mass is 10.0. The van der Waals surface area contributed by atoms with E-state index in [0.717, 1.165) is 19.3 Å². The Hall–Kier alpha value is -1.56. The molecule has 2 rings (SSSR count). The third-order valence-corrected chi connectivity index (χ3v) is 2.62. The highest BCUT2D eigenvalue weighted by Gasteiger charge is 2.30. The molecule has 80 valence electrons. The van der Waals surface area contributed by atoms with Crippen molar-refractivity contribution in [1.29, 1.82) is 0 Å². The van der Waals surface area contributed by atoms with Gasteiger partial charge in [0.25, 0.3) is 0 Å². The largest absolute Gasteiger partial charge is 0.327 e. The van der Waals surface area contributed by atoms with Crippen molar-refractivity contribution in [3.8, 4) is 0 Å². The zero-order valence-corrected chi connectivity index (χ0v) is 8.26. The summed E-state index contributed by atoms with van der Waals surface area (Å²) in [5.41, 5.74) is 5.82. The van der Waals surface area contributed by atoms with E-state index in [2.05, 4.69) is 20.5 Å². The number of aromatic nitrogens is 3. The second-order valence-electron chi connectivity index (χ2n) is 3.66. The lowest BCUT2D eigenvalue weighted by Crippen LogP contribution is -2.34. The Morgan fingerprint density at radius 3 is 2.93 bits per heavy atom. The standard InChI is InChI=1S/C9H13N5O/c10-7-3-1-2-6(7)8(15)13-9-11-4-5-12-14-9/h4-7H,1-3,10H2,(H,11,13,14,15). The van der Waals surface area contributed by atoms with Gasteiger partial charge in [0.15, 0.2) is 0 Å². The average molecular weight is 207 g/mol. The number of hydrogen-bond donors (Lipinski definition) is 2. The van der Waals surface area contributed by atoms with Gasteiger partial charge < -0.3 is 5.73 Å². The molecule has 1 aliphatic carbocycles. The monoisotopic (exact) mass is 207 g/mol. The number of nitrogens with two attached hydrogens (primary N) is 1. The van der Waals surface area contributed by atoms with Crippen LogP contribution >= 0.6 is 0 Å². The van der Waals surface area contributed by atoms with Gasteiger partial charge in [-0.3, -0.25) is 10.1 Å². The van der Waals surface area contributed by atoms with E-state index in [-0.39, 0.29) is 23.8 Å². The van der Waals surface area contributed by atoms with Crippen LogP contribution in [-0.4, -0.2) is 27.1 Å². The minimum absolute atomic E-state index is 0.0401. The smallest absolute Gasteiger partial charge is 0.249 e. The number of nitrogens with one attached hydrogen (secondary N) is 1. The predicted molar refractivity (Wildman–Crippen MR) is 53.8 cm³/mol. The summed E-state index contributed by atoms with van der Waals surface area (Å²) >= 11 is 0. The zero-order chi connectivity index (χ0) is 10.7. The van der Waals surface area contributed by atoms with Crippen molar-refractivity contribution in [2.24, 2.45) is 11.7 Å². The third-order valence-electron chi connectivity index (χ3n) is 2.62. The molecule has 1 heterocycles. The van der Waals surface area contributed by atoms with Gasteiger partial charge in [-0.05, 0) is 12.8 Å². The molecule has 15 heavy (non-hydrogen) atoms. The molecular weight excluding hydrogens is 194 g/mol. The first kappa shape index (κ1) is 9.97. The molecule has 0 radical (unpaired) electrons. The van der Waals surface area contributed by atoms with Crippen LogP contribution in [0.3, 0.4) is 0 Å². The number of rotatable bonds is 2. The van der Waals surface area contributed by atoms with E-state index in [1.807, 2.05) is 0 Å². The molecule has 0 aromatic carbocycles. The zero-order valence-electron chi connectivity index (χ0n) is 8.26. The second-order valence-corrected chi connectivity index (χ2v) is 3.66. The highest BCUT2D eigenvalue weighted by molar-refractivity contribution is 5.91. The molecule has 1 fully saturated rings. The highest BCUT2D eigenvalue weighted by Crippen LogP contribution is 2.24. The summed E-state index contributed by atoms with van der Waals surface area (Å²) in [5, 5.41) is 9.92. The maximum atomic E-state index is 11.7. The molecular formula is C9H13N5O. The molecule has 1 aromatic rings. The van der Waals surface area contributed by atoms with Gasteiger partial charge in [0.2, 0.25) is 11.9 Å². The molecule has 2 unspecified atom stereocenters. The van der Waals surface area contributed by atoms with Crippen LogP contribution in [0.4, 0.5) is 5.95 Å². The number of hydrogen-bond acceptors (Lipinski definition) is 5. The number of carbonyl (C=O) groups is 1. The topological polar surface area (TPSA) is 93.8 Å². The van der Waals surface area contributed by atoms with Crippen molar-refractivity contribution in [3.63, 3.8) is 0 Å². The van der Waals surface area contributed by atoms with E-state index in [1.165, 1.54) is 12.4 Å². The highest BCUT2D eigenvalue weighted by atomic mass is 16.2. The number of amides is 1. The van der Waals surface area contributed by atoms with Gasteiger partial charge >= 0.3 is 0 Å². The molecule has 1 aliphatic rings. The number of carbonyl (C=O) groups excluding carboxylic acids is 1. The summed E-state index contributed by atoms with van der Waals surface area (Å²) in [7, 11) is 0. The van der Waals surface area contributed by atoms with E-state index in [4.69, 9.17) is 5.73 Å². The Morgan fingerprint density at radius 1 is 1.47 bits per heavy atom. The summed E-state index contributed by atoms with van der Waals surface area (Å²) < 4.78 is 0. The molecule has 0 spiro atoms. The molecule has 1 saturated carbocycles. The molecule has 0 aliphatic heterocycles. The lowest BCUT2D eigenvalue weighted by Gasteiger charge is -2.13. The minimum atomic E-state index is -0.117. The third kappa shape index (κ3) is 2.27. The van der Waals surface area contributed by atoms with Crippen LogP contribution in [0.25, 0.3) is 0 Å². The van der Waals surface area contributed by atoms with E-state index in [0.29, 0.717) is 0 Å². The molecule has 0 saturated heterocycles. The Kier molecular flexibility index (Phi) is 2.86. The first-order chi connectivity index (χ1) is 7.27. The Morgan fingerprint density at radius 2 is 2.33 bits per heavy atom. The van der Waals surface area contributed by atoms with Crippen LogP contribution in [0.5, 0.6) is 0 Å². The fourth-order valence-electron chi connectivity index (χ4n) is 1.82. The van der Waals surface area contributed by atoms with E-state index >= 15 is 0 Å². The van der Waals surface area contributed by atoms with Gasteiger partial charge in [-0.2, -0.15) is 5.10 Å². The maximum Gasteiger partial charge on any atom is 0.249 e. The molecule has 1 amide bonds. The van der Waals surface area contributed by atoms with Crippen LogP contribution in [0.1, 0.15) is 19.3 Å². The Labute approximate surface area is 87.3 Å². The van der Waals surface area contributed by atoms with Crippen LogP contribution in [0.15, 0.2) is 12.4 Å². The van der Waals surface area contributed by atoms with Gasteiger partial charge in [0.05, 0.1) is 18.3 Å². The summed E-state index contributed by atoms with van der Waals surface area (Å²) in [5.74, 6) is 0.0170. The first-order valence-electron chi connectivity index (χ1n) is 4.97. The molecule has 0 bridgehead atoms. The van der Waals surface area contributed by atoms with E-state index in [9.17, 15) is 4.79 Å². The molecule has 1 aromatic heterocycles. The van der Waals surface area contributed by atoms with Gasteiger partial charge in [-0.25, -0.2) is 4.98 Å². The van der Waals surface area contributed by atoms with Crippen molar-refractivity contribution < 1.29 is 4.79 Å². The quantitative estimate of drug-likeness (QED) is 0.708. The van der Waals surface area contributed by atoms with Crippen molar-refractivity contribution in [1.82, 2.24) is 15.2 Å². The molecule has 6 nitrogen and oxygen atoms in total. The maximum absolute atomic E-state index is 11.7. The molecule has 6 heteroatoms. The SMILES string of the molecule is NC1CCCC1C(=O)Nc1nccnn1. The van der Waals surface area contributed by atoms with Gasteiger partial charge in [0, 0.05) is 6.04 Å². The Balaban J connectivity index is 1.98. The lowest BCUT2D eigenvalue weighted by molar-refractivity contribution is -0.120. The second kappa shape index (κ2) is 4.31. The van der Waals surface area contributed by atoms with E-state index in [1.54, 1.807) is 0 Å². The van der Waals surface area contributed by atoms with Gasteiger partial charge in [0.1, 0.15) is 0 Å². The van der Waals surface area contributed by atoms with Crippen LogP contribution in [0, 0.1) is 5.92 Å². The summed E-state index contributed by atoms with van der Waals surface area (Å²) in [6.07, 6.45) is 5.69. The van der Waals surface area contributed by atoms with Gasteiger partial charge in [-0.15, -0.1) is 5.10 Å². The van der Waals surface area contributed by atoms with Crippen molar-refractivity contribution in [3.05, 3.63) is 12.4 Å². The molecule has 3 N–H and O–H groups in total. The van der Waals surface area contributed by atoms with Crippen LogP contribution in [-0.2, 0) is 4.79 Å². The number of anilines is 1.